The summed E-state index contributed by atoms with van der Waals surface area (Å²) in [4.78, 5) is 4.24. The normalized spacial score (nSPS) is 12.4. The Morgan fingerprint density at radius 1 is 1.50 bits per heavy atom. The molecule has 0 saturated carbocycles. The number of benzene rings is 1. The highest BCUT2D eigenvalue weighted by Crippen LogP contribution is 2.29. The molecule has 0 aliphatic carbocycles. The first-order valence-electron chi connectivity index (χ1n) is 5.57. The first-order valence-corrected chi connectivity index (χ1v) is 6.36. The fourth-order valence-electron chi connectivity index (χ4n) is 1.56. The van der Waals surface area contributed by atoms with Crippen molar-refractivity contribution in [3.8, 4) is 5.75 Å². The lowest BCUT2D eigenvalue weighted by atomic mass is 10.1. The Hall–Kier alpha value is -1.40. The van der Waals surface area contributed by atoms with Gasteiger partial charge >= 0.3 is 0 Å². The van der Waals surface area contributed by atoms with E-state index in [0.717, 1.165) is 15.8 Å². The second-order valence-corrected chi connectivity index (χ2v) is 4.62. The van der Waals surface area contributed by atoms with Gasteiger partial charge in [0.25, 0.3) is 0 Å². The van der Waals surface area contributed by atoms with Crippen molar-refractivity contribution in [2.24, 2.45) is 5.73 Å². The van der Waals surface area contributed by atoms with Gasteiger partial charge in [-0.1, -0.05) is 28.0 Å². The number of methoxy groups -OCH3 is 1. The molecule has 96 valence electrons. The molecule has 0 amide bonds. The minimum Gasteiger partial charge on any atom is -0.497 e. The summed E-state index contributed by atoms with van der Waals surface area (Å²) in [5, 5.41) is 3.89. The first kappa shape index (κ1) is 13.0. The number of hydrogen-bond donors (Lipinski definition) is 1. The number of nitrogens with zero attached hydrogens (tertiary/aromatic N) is 2. The van der Waals surface area contributed by atoms with E-state index in [1.807, 2.05) is 25.1 Å². The average Bonchev–Trinajstić information content (AvgIpc) is 2.87. The topological polar surface area (TPSA) is 74.2 Å². The number of rotatable bonds is 4. The zero-order valence-electron chi connectivity index (χ0n) is 10.2. The van der Waals surface area contributed by atoms with Gasteiger partial charge in [-0.25, -0.2) is 0 Å². The van der Waals surface area contributed by atoms with Crippen LogP contribution in [0.25, 0.3) is 0 Å². The van der Waals surface area contributed by atoms with Crippen molar-refractivity contribution in [3.63, 3.8) is 0 Å². The third-order valence-corrected chi connectivity index (χ3v) is 3.32. The summed E-state index contributed by atoms with van der Waals surface area (Å²) in [5.74, 6) is 1.79. The molecule has 2 N–H and O–H groups in total. The molecule has 2 rings (SSSR count). The van der Waals surface area contributed by atoms with Crippen molar-refractivity contribution < 1.29 is 9.26 Å². The van der Waals surface area contributed by atoms with Crippen LogP contribution in [-0.2, 0) is 6.42 Å². The maximum Gasteiger partial charge on any atom is 0.226 e. The highest BCUT2D eigenvalue weighted by atomic mass is 79.9. The number of aromatic nitrogens is 2. The summed E-state index contributed by atoms with van der Waals surface area (Å²) in [5.41, 5.74) is 7.00. The molecule has 2 aromatic rings. The van der Waals surface area contributed by atoms with Crippen LogP contribution in [0.15, 0.2) is 27.2 Å². The minimum absolute atomic E-state index is 0.446. The molecule has 0 radical (unpaired) electrons. The number of nitrogens with two attached hydrogens (primary N) is 1. The molecule has 1 aromatic heterocycles. The van der Waals surface area contributed by atoms with Crippen molar-refractivity contribution >= 4 is 15.9 Å². The van der Waals surface area contributed by atoms with Gasteiger partial charge in [0.15, 0.2) is 5.82 Å². The highest BCUT2D eigenvalue weighted by molar-refractivity contribution is 9.10. The molecule has 1 atom stereocenters. The number of ether oxygens (including phenoxy) is 1. The largest absolute Gasteiger partial charge is 0.497 e. The number of halogens is 1. The first-order chi connectivity index (χ1) is 8.65. The van der Waals surface area contributed by atoms with Gasteiger partial charge in [0.2, 0.25) is 5.89 Å². The van der Waals surface area contributed by atoms with Gasteiger partial charge in [-0.05, 0) is 23.8 Å². The van der Waals surface area contributed by atoms with Crippen molar-refractivity contribution in [2.45, 2.75) is 19.4 Å². The van der Waals surface area contributed by atoms with Crippen LogP contribution in [0, 0.1) is 0 Å². The Morgan fingerprint density at radius 3 is 2.89 bits per heavy atom. The van der Waals surface area contributed by atoms with E-state index in [1.165, 1.54) is 0 Å². The lowest BCUT2D eigenvalue weighted by Gasteiger charge is -2.11. The Kier molecular flexibility index (Phi) is 3.98. The summed E-state index contributed by atoms with van der Waals surface area (Å²) >= 11 is 3.46. The van der Waals surface area contributed by atoms with Crippen molar-refractivity contribution in [1.29, 1.82) is 0 Å². The fraction of sp³-hybridized carbons (Fsp3) is 0.333. The maximum absolute atomic E-state index is 6.14. The predicted molar refractivity (Wildman–Crippen MR) is 70.4 cm³/mol. The summed E-state index contributed by atoms with van der Waals surface area (Å²) < 4.78 is 11.1. The van der Waals surface area contributed by atoms with E-state index in [4.69, 9.17) is 15.0 Å². The molecular weight excluding hydrogens is 298 g/mol. The summed E-state index contributed by atoms with van der Waals surface area (Å²) in [6.45, 7) is 1.95. The molecule has 6 heteroatoms. The van der Waals surface area contributed by atoms with Crippen LogP contribution in [0.4, 0.5) is 0 Å². The van der Waals surface area contributed by atoms with Crippen LogP contribution in [0.5, 0.6) is 5.75 Å². The highest BCUT2D eigenvalue weighted by Gasteiger charge is 2.18. The molecule has 0 spiro atoms. The van der Waals surface area contributed by atoms with E-state index < -0.39 is 6.04 Å². The van der Waals surface area contributed by atoms with Crippen molar-refractivity contribution in [1.82, 2.24) is 10.1 Å². The lowest BCUT2D eigenvalue weighted by molar-refractivity contribution is 0.375. The van der Waals surface area contributed by atoms with Gasteiger partial charge in [-0.3, -0.25) is 0 Å². The molecule has 1 aromatic carbocycles. The smallest absolute Gasteiger partial charge is 0.226 e. The zero-order valence-corrected chi connectivity index (χ0v) is 11.8. The monoisotopic (exact) mass is 311 g/mol. The third-order valence-electron chi connectivity index (χ3n) is 2.60. The van der Waals surface area contributed by atoms with Crippen molar-refractivity contribution in [3.05, 3.63) is 40.0 Å². The molecule has 0 bridgehead atoms. The third kappa shape index (κ3) is 2.54. The van der Waals surface area contributed by atoms with Gasteiger partial charge in [0.1, 0.15) is 5.75 Å². The van der Waals surface area contributed by atoms with Gasteiger partial charge in [-0.15, -0.1) is 0 Å². The molecule has 18 heavy (non-hydrogen) atoms. The Labute approximate surface area is 113 Å². The SMILES string of the molecule is CCc1nc(C(N)c2cc(OC)ccc2Br)no1. The van der Waals surface area contributed by atoms with E-state index in [0.29, 0.717) is 18.1 Å². The van der Waals surface area contributed by atoms with Crippen LogP contribution in [0.1, 0.15) is 30.2 Å². The summed E-state index contributed by atoms with van der Waals surface area (Å²) in [6, 6.07) is 5.15. The predicted octanol–water partition coefficient (Wildman–Crippen LogP) is 2.45. The molecule has 0 aliphatic rings. The molecule has 1 heterocycles. The van der Waals surface area contributed by atoms with E-state index in [1.54, 1.807) is 7.11 Å². The summed E-state index contributed by atoms with van der Waals surface area (Å²) in [7, 11) is 1.61. The average molecular weight is 312 g/mol. The maximum atomic E-state index is 6.14. The Bertz CT molecular complexity index is 542. The van der Waals surface area contributed by atoms with Gasteiger partial charge in [0.05, 0.1) is 13.2 Å². The standard InChI is InChI=1S/C12H14BrN3O2/c1-3-10-15-12(16-18-10)11(14)8-6-7(17-2)4-5-9(8)13/h4-6,11H,3,14H2,1-2H3. The van der Waals surface area contributed by atoms with Crippen LogP contribution in [-0.4, -0.2) is 17.3 Å². The lowest BCUT2D eigenvalue weighted by Crippen LogP contribution is -2.14. The molecule has 1 unspecified atom stereocenters. The second kappa shape index (κ2) is 5.49. The Balaban J connectivity index is 2.35. The van der Waals surface area contributed by atoms with Crippen LogP contribution >= 0.6 is 15.9 Å². The number of hydrogen-bond acceptors (Lipinski definition) is 5. The van der Waals surface area contributed by atoms with Gasteiger partial charge in [-0.2, -0.15) is 4.98 Å². The quantitative estimate of drug-likeness (QED) is 0.938. The number of aryl methyl sites for hydroxylation is 1. The van der Waals surface area contributed by atoms with E-state index >= 15 is 0 Å². The van der Waals surface area contributed by atoms with E-state index in [9.17, 15) is 0 Å². The van der Waals surface area contributed by atoms with E-state index in [-0.39, 0.29) is 0 Å². The van der Waals surface area contributed by atoms with Crippen molar-refractivity contribution in [2.75, 3.05) is 7.11 Å². The molecule has 5 nitrogen and oxygen atoms in total. The van der Waals surface area contributed by atoms with Crippen LogP contribution in [0.2, 0.25) is 0 Å². The second-order valence-electron chi connectivity index (χ2n) is 3.76. The van der Waals surface area contributed by atoms with E-state index in [2.05, 4.69) is 26.1 Å². The molecule has 0 saturated heterocycles. The summed E-state index contributed by atoms with van der Waals surface area (Å²) in [6.07, 6.45) is 0.693. The molecule has 0 aliphatic heterocycles. The minimum atomic E-state index is -0.446. The molecule has 0 fully saturated rings. The van der Waals surface area contributed by atoms with Crippen LogP contribution < -0.4 is 10.5 Å². The van der Waals surface area contributed by atoms with Crippen LogP contribution in [0.3, 0.4) is 0 Å². The van der Waals surface area contributed by atoms with Gasteiger partial charge in [0, 0.05) is 10.9 Å². The zero-order chi connectivity index (χ0) is 13.1. The Morgan fingerprint density at radius 2 is 2.28 bits per heavy atom. The van der Waals surface area contributed by atoms with Gasteiger partial charge < -0.3 is 15.0 Å². The molecular formula is C12H14BrN3O2. The fourth-order valence-corrected chi connectivity index (χ4v) is 2.06.